The Hall–Kier alpha value is -1.96. The number of aryl methyl sites for hydroxylation is 1. The van der Waals surface area contributed by atoms with Crippen LogP contribution in [0.4, 0.5) is 8.78 Å². The molecular formula is C17H19F2NO4S. The first-order valence-electron chi connectivity index (χ1n) is 8.10. The van der Waals surface area contributed by atoms with E-state index in [1.165, 1.54) is 6.07 Å². The SMILES string of the molecule is O=C(C[C@@H]1C=CS(=O)(=O)C1)N[C@@H]1CCCc2cc(OC(F)F)ccc21. The molecule has 8 heteroatoms. The van der Waals surface area contributed by atoms with Gasteiger partial charge in [0.2, 0.25) is 5.91 Å². The third-order valence-corrected chi connectivity index (χ3v) is 5.91. The summed E-state index contributed by atoms with van der Waals surface area (Å²) in [5.74, 6) is -0.426. The third kappa shape index (κ3) is 4.56. The quantitative estimate of drug-likeness (QED) is 0.864. The van der Waals surface area contributed by atoms with Crippen LogP contribution in [0.2, 0.25) is 0 Å². The Morgan fingerprint density at radius 3 is 2.84 bits per heavy atom. The lowest BCUT2D eigenvalue weighted by Gasteiger charge is -2.27. The van der Waals surface area contributed by atoms with Crippen LogP contribution in [0.15, 0.2) is 29.7 Å². The number of rotatable bonds is 5. The van der Waals surface area contributed by atoms with Gasteiger partial charge in [-0.3, -0.25) is 4.79 Å². The van der Waals surface area contributed by atoms with Crippen molar-refractivity contribution >= 4 is 15.7 Å². The number of halogens is 2. The van der Waals surface area contributed by atoms with Gasteiger partial charge in [-0.1, -0.05) is 12.1 Å². The van der Waals surface area contributed by atoms with E-state index in [4.69, 9.17) is 0 Å². The van der Waals surface area contributed by atoms with Crippen LogP contribution in [0, 0.1) is 5.92 Å². The van der Waals surface area contributed by atoms with Gasteiger partial charge in [-0.25, -0.2) is 8.42 Å². The second-order valence-electron chi connectivity index (χ2n) is 6.37. The smallest absolute Gasteiger partial charge is 0.387 e. The number of alkyl halides is 2. The molecule has 1 aromatic rings. The number of amides is 1. The van der Waals surface area contributed by atoms with Crippen molar-refractivity contribution in [3.8, 4) is 5.75 Å². The fourth-order valence-electron chi connectivity index (χ4n) is 3.38. The molecule has 5 nitrogen and oxygen atoms in total. The minimum Gasteiger partial charge on any atom is -0.435 e. The van der Waals surface area contributed by atoms with Crippen LogP contribution in [0.1, 0.15) is 36.4 Å². The molecule has 0 bridgehead atoms. The van der Waals surface area contributed by atoms with Gasteiger partial charge in [-0.15, -0.1) is 0 Å². The van der Waals surface area contributed by atoms with E-state index in [9.17, 15) is 22.0 Å². The summed E-state index contributed by atoms with van der Waals surface area (Å²) in [5.41, 5.74) is 1.79. The zero-order chi connectivity index (χ0) is 18.0. The Labute approximate surface area is 145 Å². The molecule has 2 atom stereocenters. The van der Waals surface area contributed by atoms with E-state index in [1.54, 1.807) is 18.2 Å². The largest absolute Gasteiger partial charge is 0.435 e. The zero-order valence-corrected chi connectivity index (χ0v) is 14.3. The van der Waals surface area contributed by atoms with E-state index < -0.39 is 16.4 Å². The molecule has 0 spiro atoms. The highest BCUT2D eigenvalue weighted by molar-refractivity contribution is 7.94. The van der Waals surface area contributed by atoms with Gasteiger partial charge >= 0.3 is 6.61 Å². The average molecular weight is 371 g/mol. The molecule has 2 aliphatic rings. The van der Waals surface area contributed by atoms with Crippen molar-refractivity contribution in [2.45, 2.75) is 38.3 Å². The molecule has 0 aromatic heterocycles. The number of benzene rings is 1. The number of hydrogen-bond acceptors (Lipinski definition) is 4. The molecular weight excluding hydrogens is 352 g/mol. The highest BCUT2D eigenvalue weighted by Crippen LogP contribution is 2.33. The number of ether oxygens (including phenoxy) is 1. The number of fused-ring (bicyclic) bond motifs is 1. The van der Waals surface area contributed by atoms with Gasteiger partial charge < -0.3 is 10.1 Å². The molecule has 25 heavy (non-hydrogen) atoms. The molecule has 1 amide bonds. The van der Waals surface area contributed by atoms with Crippen molar-refractivity contribution in [2.24, 2.45) is 5.92 Å². The summed E-state index contributed by atoms with van der Waals surface area (Å²) in [5, 5.41) is 4.09. The van der Waals surface area contributed by atoms with Crippen molar-refractivity contribution in [1.29, 1.82) is 0 Å². The van der Waals surface area contributed by atoms with E-state index in [1.807, 2.05) is 0 Å². The van der Waals surface area contributed by atoms with E-state index in [0.29, 0.717) is 0 Å². The number of allylic oxidation sites excluding steroid dienone is 1. The second-order valence-corrected chi connectivity index (χ2v) is 8.30. The van der Waals surface area contributed by atoms with E-state index >= 15 is 0 Å². The van der Waals surface area contributed by atoms with Gasteiger partial charge in [-0.2, -0.15) is 8.78 Å². The minimum atomic E-state index is -3.17. The predicted molar refractivity (Wildman–Crippen MR) is 87.9 cm³/mol. The Kier molecular flexibility index (Phi) is 5.08. The lowest BCUT2D eigenvalue weighted by molar-refractivity contribution is -0.122. The first-order chi connectivity index (χ1) is 11.8. The first kappa shape index (κ1) is 17.8. The van der Waals surface area contributed by atoms with Crippen LogP contribution < -0.4 is 10.1 Å². The molecule has 1 N–H and O–H groups in total. The van der Waals surface area contributed by atoms with Crippen LogP contribution in [-0.2, 0) is 21.1 Å². The van der Waals surface area contributed by atoms with Crippen LogP contribution in [-0.4, -0.2) is 26.7 Å². The van der Waals surface area contributed by atoms with Gasteiger partial charge in [-0.05, 0) is 42.5 Å². The van der Waals surface area contributed by atoms with Gasteiger partial charge in [0.15, 0.2) is 9.84 Å². The van der Waals surface area contributed by atoms with Crippen LogP contribution in [0.25, 0.3) is 0 Å². The second kappa shape index (κ2) is 7.11. The topological polar surface area (TPSA) is 72.5 Å². The maximum Gasteiger partial charge on any atom is 0.387 e. The summed E-state index contributed by atoms with van der Waals surface area (Å²) in [6.45, 7) is -2.87. The van der Waals surface area contributed by atoms with Gasteiger partial charge in [0.1, 0.15) is 5.75 Å². The third-order valence-electron chi connectivity index (χ3n) is 4.44. The molecule has 0 radical (unpaired) electrons. The standard InChI is InChI=1S/C17H19F2NO4S/c18-17(19)24-13-4-5-14-12(9-13)2-1-3-15(14)20-16(21)8-11-6-7-25(22,23)10-11/h4-7,9,11,15,17H,1-3,8,10H2,(H,20,21)/t11-,15+/m0/s1. The van der Waals surface area contributed by atoms with Crippen molar-refractivity contribution in [1.82, 2.24) is 5.32 Å². The Balaban J connectivity index is 1.65. The van der Waals surface area contributed by atoms with Crippen molar-refractivity contribution in [3.05, 3.63) is 40.8 Å². The average Bonchev–Trinajstić information content (AvgIpc) is 2.85. The Bertz CT molecular complexity index is 792. The maximum atomic E-state index is 12.3. The summed E-state index contributed by atoms with van der Waals surface area (Å²) >= 11 is 0. The molecule has 1 heterocycles. The molecule has 136 valence electrons. The number of sulfone groups is 1. The molecule has 0 saturated heterocycles. The van der Waals surface area contributed by atoms with Gasteiger partial charge in [0, 0.05) is 17.7 Å². The number of carbonyl (C=O) groups is 1. The predicted octanol–water partition coefficient (Wildman–Crippen LogP) is 2.73. The highest BCUT2D eigenvalue weighted by Gasteiger charge is 2.27. The summed E-state index contributed by atoms with van der Waals surface area (Å²) in [6.07, 6.45) is 4.00. The lowest BCUT2D eigenvalue weighted by Crippen LogP contribution is -2.32. The summed E-state index contributed by atoms with van der Waals surface area (Å²) in [4.78, 5) is 12.2. The van der Waals surface area contributed by atoms with Gasteiger partial charge in [0.05, 0.1) is 11.8 Å². The van der Waals surface area contributed by atoms with E-state index in [0.717, 1.165) is 35.8 Å². The van der Waals surface area contributed by atoms with Crippen LogP contribution in [0.5, 0.6) is 5.75 Å². The number of hydrogen-bond donors (Lipinski definition) is 1. The molecule has 0 fully saturated rings. The maximum absolute atomic E-state index is 12.3. The highest BCUT2D eigenvalue weighted by atomic mass is 32.2. The van der Waals surface area contributed by atoms with Crippen LogP contribution in [0.3, 0.4) is 0 Å². The Morgan fingerprint density at radius 2 is 2.16 bits per heavy atom. The van der Waals surface area contributed by atoms with E-state index in [-0.39, 0.29) is 35.8 Å². The fraction of sp³-hybridized carbons (Fsp3) is 0.471. The molecule has 1 aliphatic heterocycles. The summed E-state index contributed by atoms with van der Waals surface area (Å²) in [7, 11) is -3.17. The normalized spacial score (nSPS) is 24.1. The Morgan fingerprint density at radius 1 is 1.36 bits per heavy atom. The summed E-state index contributed by atoms with van der Waals surface area (Å²) in [6, 6.07) is 4.57. The molecule has 1 aromatic carbocycles. The van der Waals surface area contributed by atoms with Crippen molar-refractivity contribution in [2.75, 3.05) is 5.75 Å². The summed E-state index contributed by atoms with van der Waals surface area (Å²) < 4.78 is 51.9. The molecule has 0 saturated carbocycles. The molecule has 3 rings (SSSR count). The molecule has 1 aliphatic carbocycles. The van der Waals surface area contributed by atoms with Gasteiger partial charge in [0.25, 0.3) is 0 Å². The van der Waals surface area contributed by atoms with Crippen molar-refractivity contribution in [3.63, 3.8) is 0 Å². The fourth-order valence-corrected chi connectivity index (χ4v) is 4.77. The van der Waals surface area contributed by atoms with E-state index in [2.05, 4.69) is 10.1 Å². The van der Waals surface area contributed by atoms with Crippen molar-refractivity contribution < 1.29 is 26.7 Å². The minimum absolute atomic E-state index is 0.0317. The first-order valence-corrected chi connectivity index (χ1v) is 9.82. The number of carbonyl (C=O) groups excluding carboxylic acids is 1. The monoisotopic (exact) mass is 371 g/mol. The number of nitrogens with one attached hydrogen (secondary N) is 1. The lowest BCUT2D eigenvalue weighted by atomic mass is 9.87. The molecule has 0 unspecified atom stereocenters. The zero-order valence-electron chi connectivity index (χ0n) is 13.5. The van der Waals surface area contributed by atoms with Crippen LogP contribution >= 0.6 is 0 Å².